The fourth-order valence-corrected chi connectivity index (χ4v) is 0.204. The van der Waals surface area contributed by atoms with Crippen molar-refractivity contribution in [2.24, 2.45) is 0 Å². The van der Waals surface area contributed by atoms with Gasteiger partial charge in [-0.1, -0.05) is 22.5 Å². The lowest BCUT2D eigenvalue weighted by Crippen LogP contribution is -1.94. The third kappa shape index (κ3) is 5.98. The molecule has 0 spiro atoms. The van der Waals surface area contributed by atoms with Crippen LogP contribution in [0.5, 0.6) is 0 Å². The summed E-state index contributed by atoms with van der Waals surface area (Å²) in [6.45, 7) is 5.06. The normalized spacial score (nSPS) is 12.9. The van der Waals surface area contributed by atoms with Gasteiger partial charge in [-0.05, 0) is 6.92 Å². The van der Waals surface area contributed by atoms with Crippen molar-refractivity contribution in [3.63, 3.8) is 0 Å². The van der Waals surface area contributed by atoms with Gasteiger partial charge in [-0.25, -0.2) is 0 Å². The quantitative estimate of drug-likeness (QED) is 0.276. The molecule has 0 saturated heterocycles. The van der Waals surface area contributed by atoms with Crippen LogP contribution >= 0.6 is 15.9 Å². The Morgan fingerprint density at radius 1 is 1.86 bits per heavy atom. The highest BCUT2D eigenvalue weighted by atomic mass is 79.9. The van der Waals surface area contributed by atoms with E-state index in [4.69, 9.17) is 0 Å². The molecular weight excluding hydrogens is 160 g/mol. The van der Waals surface area contributed by atoms with Gasteiger partial charge in [-0.3, -0.25) is 0 Å². The first kappa shape index (κ1) is 6.98. The smallest absolute Gasteiger partial charge is 0.156 e. The monoisotopic (exact) mass is 166 g/mol. The van der Waals surface area contributed by atoms with Crippen molar-refractivity contribution in [3.8, 4) is 0 Å². The summed E-state index contributed by atoms with van der Waals surface area (Å²) in [4.78, 5) is 8.80. The first-order valence-electron chi connectivity index (χ1n) is 1.84. The Hall–Kier alpha value is -0.0200. The van der Waals surface area contributed by atoms with Crippen molar-refractivity contribution in [1.82, 2.24) is 0 Å². The zero-order valence-electron chi connectivity index (χ0n) is 4.06. The molecule has 42 valence electrons. The van der Waals surface area contributed by atoms with Crippen LogP contribution in [0.1, 0.15) is 6.92 Å². The van der Waals surface area contributed by atoms with Crippen molar-refractivity contribution in [2.45, 2.75) is 11.9 Å². The zero-order chi connectivity index (χ0) is 5.70. The van der Waals surface area contributed by atoms with Gasteiger partial charge in [0.05, 0.1) is 0 Å². The van der Waals surface area contributed by atoms with Gasteiger partial charge in [0.15, 0.2) is 5.01 Å². The first-order chi connectivity index (χ1) is 3.27. The first-order valence-corrected chi connectivity index (χ1v) is 2.76. The van der Waals surface area contributed by atoms with Crippen LogP contribution in [0.2, 0.25) is 0 Å². The second-order valence-electron chi connectivity index (χ2n) is 0.902. The van der Waals surface area contributed by atoms with E-state index in [0.29, 0.717) is 0 Å². The van der Waals surface area contributed by atoms with Gasteiger partial charge in [0.1, 0.15) is 6.26 Å². The largest absolute Gasteiger partial charge is 0.345 e. The fourth-order valence-electron chi connectivity index (χ4n) is 0.116. The molecule has 0 N–H and O–H groups in total. The number of hydrogen-bond acceptors (Lipinski definition) is 2. The molecule has 7 heavy (non-hydrogen) atoms. The van der Waals surface area contributed by atoms with Gasteiger partial charge in [-0.2, -0.15) is 4.89 Å². The standard InChI is InChI=1S/C4H7BrO2/c1-3-6-7-4(2)5/h3-4H,1H2,2H3. The van der Waals surface area contributed by atoms with Crippen LogP contribution in [0.15, 0.2) is 12.8 Å². The van der Waals surface area contributed by atoms with Crippen LogP contribution < -0.4 is 0 Å². The van der Waals surface area contributed by atoms with E-state index in [9.17, 15) is 0 Å². The Morgan fingerprint density at radius 3 is 2.57 bits per heavy atom. The molecule has 1 atom stereocenters. The zero-order valence-corrected chi connectivity index (χ0v) is 5.64. The molecule has 0 rings (SSSR count). The number of halogens is 1. The summed E-state index contributed by atoms with van der Waals surface area (Å²) in [5.41, 5.74) is 0. The lowest BCUT2D eigenvalue weighted by atomic mass is 10.9. The number of alkyl halides is 1. The highest BCUT2D eigenvalue weighted by molar-refractivity contribution is 9.09. The third-order valence-electron chi connectivity index (χ3n) is 0.256. The summed E-state index contributed by atoms with van der Waals surface area (Å²) in [5.74, 6) is 0. The maximum atomic E-state index is 4.49. The van der Waals surface area contributed by atoms with E-state index in [1.807, 2.05) is 0 Å². The molecule has 0 fully saturated rings. The Balaban J connectivity index is 2.81. The molecule has 0 radical (unpaired) electrons. The van der Waals surface area contributed by atoms with Gasteiger partial charge in [0.2, 0.25) is 0 Å². The maximum Gasteiger partial charge on any atom is 0.156 e. The average molecular weight is 167 g/mol. The predicted molar refractivity (Wildman–Crippen MR) is 30.8 cm³/mol. The third-order valence-corrected chi connectivity index (χ3v) is 0.409. The summed E-state index contributed by atoms with van der Waals surface area (Å²) in [6.07, 6.45) is 1.22. The molecule has 1 unspecified atom stereocenters. The minimum Gasteiger partial charge on any atom is -0.345 e. The molecule has 3 heteroatoms. The summed E-state index contributed by atoms with van der Waals surface area (Å²) in [6, 6.07) is 0. The van der Waals surface area contributed by atoms with Gasteiger partial charge < -0.3 is 4.89 Å². The molecule has 0 bridgehead atoms. The van der Waals surface area contributed by atoms with Crippen molar-refractivity contribution >= 4 is 15.9 Å². The second kappa shape index (κ2) is 4.15. The fraction of sp³-hybridized carbons (Fsp3) is 0.500. The van der Waals surface area contributed by atoms with Gasteiger partial charge in [0.25, 0.3) is 0 Å². The van der Waals surface area contributed by atoms with Crippen LogP contribution in [0, 0.1) is 0 Å². The summed E-state index contributed by atoms with van der Waals surface area (Å²) in [7, 11) is 0. The molecule has 0 aromatic rings. The Labute approximate surface area is 51.2 Å². The summed E-state index contributed by atoms with van der Waals surface area (Å²) >= 11 is 3.08. The minimum absolute atomic E-state index is 0.0782. The Bertz CT molecular complexity index is 53.7. The van der Waals surface area contributed by atoms with E-state index in [0.717, 1.165) is 0 Å². The summed E-state index contributed by atoms with van der Waals surface area (Å²) in [5, 5.41) is -0.0782. The number of hydrogen-bond donors (Lipinski definition) is 0. The molecule has 0 aliphatic rings. The van der Waals surface area contributed by atoms with E-state index >= 15 is 0 Å². The van der Waals surface area contributed by atoms with Crippen molar-refractivity contribution in [2.75, 3.05) is 0 Å². The van der Waals surface area contributed by atoms with Crippen LogP contribution in [0.25, 0.3) is 0 Å². The molecule has 0 aliphatic heterocycles. The molecule has 0 saturated carbocycles. The minimum atomic E-state index is -0.0782. The highest BCUT2D eigenvalue weighted by Crippen LogP contribution is 1.98. The van der Waals surface area contributed by atoms with Crippen LogP contribution in [-0.4, -0.2) is 5.01 Å². The average Bonchev–Trinajstić information content (AvgIpc) is 1.61. The number of rotatable bonds is 3. The Morgan fingerprint density at radius 2 is 2.43 bits per heavy atom. The van der Waals surface area contributed by atoms with Crippen LogP contribution in [-0.2, 0) is 9.78 Å². The van der Waals surface area contributed by atoms with Crippen LogP contribution in [0.4, 0.5) is 0 Å². The van der Waals surface area contributed by atoms with E-state index in [1.165, 1.54) is 6.26 Å². The lowest BCUT2D eigenvalue weighted by molar-refractivity contribution is -0.253. The lowest BCUT2D eigenvalue weighted by Gasteiger charge is -1.98. The van der Waals surface area contributed by atoms with Gasteiger partial charge in [0, 0.05) is 0 Å². The molecule has 2 nitrogen and oxygen atoms in total. The SMILES string of the molecule is C=COOC(C)Br. The summed E-state index contributed by atoms with van der Waals surface area (Å²) < 4.78 is 0. The molecule has 0 amide bonds. The van der Waals surface area contributed by atoms with E-state index < -0.39 is 0 Å². The molecule has 0 aromatic heterocycles. The van der Waals surface area contributed by atoms with E-state index in [2.05, 4.69) is 32.3 Å². The predicted octanol–water partition coefficient (Wildman–Crippen LogP) is 1.82. The van der Waals surface area contributed by atoms with Gasteiger partial charge in [-0.15, -0.1) is 0 Å². The molecule has 0 heterocycles. The van der Waals surface area contributed by atoms with E-state index in [-0.39, 0.29) is 5.01 Å². The molecule has 0 aliphatic carbocycles. The molecular formula is C4H7BrO2. The molecule has 0 aromatic carbocycles. The van der Waals surface area contributed by atoms with E-state index in [1.54, 1.807) is 6.92 Å². The van der Waals surface area contributed by atoms with Gasteiger partial charge >= 0.3 is 0 Å². The maximum absolute atomic E-state index is 4.49. The Kier molecular flexibility index (Phi) is 4.14. The van der Waals surface area contributed by atoms with Crippen molar-refractivity contribution in [3.05, 3.63) is 12.8 Å². The van der Waals surface area contributed by atoms with Crippen molar-refractivity contribution < 1.29 is 9.78 Å². The topological polar surface area (TPSA) is 18.5 Å². The van der Waals surface area contributed by atoms with Crippen molar-refractivity contribution in [1.29, 1.82) is 0 Å². The van der Waals surface area contributed by atoms with Crippen LogP contribution in [0.3, 0.4) is 0 Å². The highest BCUT2D eigenvalue weighted by Gasteiger charge is 1.89. The second-order valence-corrected chi connectivity index (χ2v) is 2.19.